The van der Waals surface area contributed by atoms with E-state index in [-0.39, 0.29) is 0 Å². The average Bonchev–Trinajstić information content (AvgIpc) is 2.75. The van der Waals surface area contributed by atoms with Gasteiger partial charge < -0.3 is 4.74 Å². The van der Waals surface area contributed by atoms with Gasteiger partial charge in [0.15, 0.2) is 0 Å². The molecule has 1 aliphatic carbocycles. The van der Waals surface area contributed by atoms with Crippen LogP contribution in [0.2, 0.25) is 0 Å². The van der Waals surface area contributed by atoms with E-state index >= 15 is 0 Å². The fourth-order valence-corrected chi connectivity index (χ4v) is 4.36. The van der Waals surface area contributed by atoms with Crippen LogP contribution in [0.25, 0.3) is 11.1 Å². The van der Waals surface area contributed by atoms with Gasteiger partial charge in [-0.15, -0.1) is 0 Å². The maximum absolute atomic E-state index is 5.63. The molecule has 150 valence electrons. The van der Waals surface area contributed by atoms with E-state index in [2.05, 4.69) is 74.5 Å². The van der Waals surface area contributed by atoms with Crippen LogP contribution in [-0.2, 0) is 11.3 Å². The molecule has 1 aliphatic rings. The summed E-state index contributed by atoms with van der Waals surface area (Å²) >= 11 is 0. The smallest absolute Gasteiger partial charge is 0.0716 e. The SMILES string of the molecule is C/C=C/CC[C@H]1CC[C@H](c2ccc(-c3ccc(COCCC)cc3)cc2)CC1. The molecule has 2 aromatic carbocycles. The molecule has 0 aromatic heterocycles. The van der Waals surface area contributed by atoms with E-state index in [1.165, 1.54) is 60.8 Å². The Hall–Kier alpha value is -1.86. The largest absolute Gasteiger partial charge is 0.377 e. The van der Waals surface area contributed by atoms with Crippen LogP contribution in [0.5, 0.6) is 0 Å². The fourth-order valence-electron chi connectivity index (χ4n) is 4.36. The quantitative estimate of drug-likeness (QED) is 0.319. The zero-order chi connectivity index (χ0) is 19.6. The van der Waals surface area contributed by atoms with Crippen LogP contribution in [0, 0.1) is 5.92 Å². The highest BCUT2D eigenvalue weighted by Gasteiger charge is 2.21. The Labute approximate surface area is 171 Å². The van der Waals surface area contributed by atoms with Gasteiger partial charge in [0, 0.05) is 6.61 Å². The third-order valence-electron chi connectivity index (χ3n) is 6.11. The van der Waals surface area contributed by atoms with Crippen molar-refractivity contribution < 1.29 is 4.74 Å². The molecule has 0 spiro atoms. The van der Waals surface area contributed by atoms with Crippen molar-refractivity contribution in [1.82, 2.24) is 0 Å². The molecule has 1 heteroatoms. The van der Waals surface area contributed by atoms with Crippen molar-refractivity contribution in [3.05, 3.63) is 71.8 Å². The number of hydrogen-bond acceptors (Lipinski definition) is 1. The van der Waals surface area contributed by atoms with Crippen LogP contribution in [0.3, 0.4) is 0 Å². The van der Waals surface area contributed by atoms with Crippen molar-refractivity contribution in [2.24, 2.45) is 5.92 Å². The van der Waals surface area contributed by atoms with Gasteiger partial charge in [0.1, 0.15) is 0 Å². The lowest BCUT2D eigenvalue weighted by atomic mass is 9.77. The molecule has 2 aromatic rings. The molecule has 0 amide bonds. The molecule has 0 unspecified atom stereocenters. The van der Waals surface area contributed by atoms with E-state index in [1.54, 1.807) is 0 Å². The molecule has 3 rings (SSSR count). The van der Waals surface area contributed by atoms with Gasteiger partial charge in [-0.3, -0.25) is 0 Å². The molecule has 1 nitrogen and oxygen atoms in total. The minimum Gasteiger partial charge on any atom is -0.377 e. The first-order chi connectivity index (χ1) is 13.8. The number of rotatable bonds is 9. The van der Waals surface area contributed by atoms with Gasteiger partial charge in [-0.2, -0.15) is 0 Å². The molecule has 0 N–H and O–H groups in total. The van der Waals surface area contributed by atoms with Crippen LogP contribution >= 0.6 is 0 Å². The first-order valence-electron chi connectivity index (χ1n) is 11.2. The molecule has 0 atom stereocenters. The Morgan fingerprint density at radius 1 is 0.893 bits per heavy atom. The number of allylic oxidation sites excluding steroid dienone is 2. The fraction of sp³-hybridized carbons (Fsp3) is 0.481. The molecule has 1 fully saturated rings. The third-order valence-corrected chi connectivity index (χ3v) is 6.11. The van der Waals surface area contributed by atoms with Gasteiger partial charge in [-0.05, 0) is 86.0 Å². The Morgan fingerprint density at radius 2 is 1.54 bits per heavy atom. The van der Waals surface area contributed by atoms with Crippen LogP contribution in [0.1, 0.15) is 75.8 Å². The summed E-state index contributed by atoms with van der Waals surface area (Å²) in [6.07, 6.45) is 13.7. The second kappa shape index (κ2) is 11.2. The summed E-state index contributed by atoms with van der Waals surface area (Å²) in [5.74, 6) is 1.69. The predicted molar refractivity (Wildman–Crippen MR) is 121 cm³/mol. The standard InChI is InChI=1S/C27H36O/c1-3-5-6-7-22-8-12-24(13-9-22)26-16-18-27(19-17-26)25-14-10-23(11-15-25)21-28-20-4-2/h3,5,10-11,14-19,22,24H,4,6-9,12-13,20-21H2,1-2H3/b5-3+/t22-,24-. The first kappa shape index (κ1) is 20.9. The molecular weight excluding hydrogens is 340 g/mol. The lowest BCUT2D eigenvalue weighted by Gasteiger charge is -2.28. The Kier molecular flexibility index (Phi) is 8.36. The van der Waals surface area contributed by atoms with E-state index in [1.807, 2.05) is 0 Å². The minimum absolute atomic E-state index is 0.713. The van der Waals surface area contributed by atoms with Gasteiger partial charge in [-0.25, -0.2) is 0 Å². The molecule has 0 aliphatic heterocycles. The van der Waals surface area contributed by atoms with E-state index in [9.17, 15) is 0 Å². The van der Waals surface area contributed by atoms with Gasteiger partial charge >= 0.3 is 0 Å². The van der Waals surface area contributed by atoms with Crippen LogP contribution in [0.15, 0.2) is 60.7 Å². The summed E-state index contributed by atoms with van der Waals surface area (Å²) in [5.41, 5.74) is 5.38. The highest BCUT2D eigenvalue weighted by Crippen LogP contribution is 2.38. The Balaban J connectivity index is 1.52. The van der Waals surface area contributed by atoms with Gasteiger partial charge in [0.05, 0.1) is 6.61 Å². The second-order valence-electron chi connectivity index (χ2n) is 8.24. The van der Waals surface area contributed by atoms with Crippen molar-refractivity contribution >= 4 is 0 Å². The van der Waals surface area contributed by atoms with E-state index in [0.29, 0.717) is 6.61 Å². The maximum Gasteiger partial charge on any atom is 0.0716 e. The zero-order valence-corrected chi connectivity index (χ0v) is 17.7. The predicted octanol–water partition coefficient (Wildman–Crippen LogP) is 7.91. The molecule has 28 heavy (non-hydrogen) atoms. The normalized spacial score (nSPS) is 19.9. The zero-order valence-electron chi connectivity index (χ0n) is 17.7. The van der Waals surface area contributed by atoms with E-state index in [4.69, 9.17) is 4.74 Å². The lowest BCUT2D eigenvalue weighted by molar-refractivity contribution is 0.121. The van der Waals surface area contributed by atoms with Crippen LogP contribution in [0.4, 0.5) is 0 Å². The van der Waals surface area contributed by atoms with Crippen LogP contribution < -0.4 is 0 Å². The molecule has 1 saturated carbocycles. The van der Waals surface area contributed by atoms with Crippen molar-refractivity contribution in [1.29, 1.82) is 0 Å². The topological polar surface area (TPSA) is 9.23 Å². The monoisotopic (exact) mass is 376 g/mol. The van der Waals surface area contributed by atoms with Crippen molar-refractivity contribution in [2.45, 2.75) is 71.3 Å². The Morgan fingerprint density at radius 3 is 2.14 bits per heavy atom. The van der Waals surface area contributed by atoms with Gasteiger partial charge in [0.2, 0.25) is 0 Å². The highest BCUT2D eigenvalue weighted by atomic mass is 16.5. The van der Waals surface area contributed by atoms with Crippen LogP contribution in [-0.4, -0.2) is 6.61 Å². The van der Waals surface area contributed by atoms with Gasteiger partial charge in [0.25, 0.3) is 0 Å². The summed E-state index contributed by atoms with van der Waals surface area (Å²) < 4.78 is 5.63. The molecule has 0 saturated heterocycles. The highest BCUT2D eigenvalue weighted by molar-refractivity contribution is 5.64. The summed E-state index contributed by atoms with van der Waals surface area (Å²) in [4.78, 5) is 0. The summed E-state index contributed by atoms with van der Waals surface area (Å²) in [5, 5.41) is 0. The molecular formula is C27H36O. The van der Waals surface area contributed by atoms with Crippen molar-refractivity contribution in [3.8, 4) is 11.1 Å². The molecule has 0 radical (unpaired) electrons. The van der Waals surface area contributed by atoms with Crippen molar-refractivity contribution in [3.63, 3.8) is 0 Å². The molecule has 0 bridgehead atoms. The van der Waals surface area contributed by atoms with Gasteiger partial charge in [-0.1, -0.05) is 67.6 Å². The minimum atomic E-state index is 0.713. The number of ether oxygens (including phenoxy) is 1. The third kappa shape index (κ3) is 6.07. The van der Waals surface area contributed by atoms with E-state index in [0.717, 1.165) is 24.9 Å². The average molecular weight is 377 g/mol. The summed E-state index contributed by atoms with van der Waals surface area (Å²) in [6, 6.07) is 18.1. The second-order valence-corrected chi connectivity index (χ2v) is 8.24. The maximum atomic E-state index is 5.63. The van der Waals surface area contributed by atoms with E-state index < -0.39 is 0 Å². The molecule has 0 heterocycles. The summed E-state index contributed by atoms with van der Waals surface area (Å²) in [6.45, 7) is 5.81. The van der Waals surface area contributed by atoms with Crippen molar-refractivity contribution in [2.75, 3.05) is 6.61 Å². The number of hydrogen-bond donors (Lipinski definition) is 0. The summed E-state index contributed by atoms with van der Waals surface area (Å²) in [7, 11) is 0. The first-order valence-corrected chi connectivity index (χ1v) is 11.2. The number of benzene rings is 2. The lowest BCUT2D eigenvalue weighted by Crippen LogP contribution is -2.13. The Bertz CT molecular complexity index is 703.